The summed E-state index contributed by atoms with van der Waals surface area (Å²) in [6.45, 7) is 0.0603. The zero-order chi connectivity index (χ0) is 16.9. The zero-order valence-corrected chi connectivity index (χ0v) is 16.4. The van der Waals surface area contributed by atoms with E-state index in [1.54, 1.807) is 0 Å². The lowest BCUT2D eigenvalue weighted by Crippen LogP contribution is -2.49. The second-order valence-corrected chi connectivity index (χ2v) is 9.40. The van der Waals surface area contributed by atoms with Gasteiger partial charge in [-0.05, 0) is 30.9 Å². The number of amides is 1. The lowest BCUT2D eigenvalue weighted by atomic mass is 9.84. The van der Waals surface area contributed by atoms with Gasteiger partial charge < -0.3 is 11.1 Å². The summed E-state index contributed by atoms with van der Waals surface area (Å²) in [4.78, 5) is 12.0. The Balaban J connectivity index is 0.00000288. The Morgan fingerprint density at radius 3 is 2.54 bits per heavy atom. The summed E-state index contributed by atoms with van der Waals surface area (Å²) < 4.78 is 26.9. The number of rotatable bonds is 7. The highest BCUT2D eigenvalue weighted by Crippen LogP contribution is 2.26. The Hall–Kier alpha value is -0.380. The van der Waals surface area contributed by atoms with Crippen LogP contribution in [0.2, 0.25) is 4.34 Å². The van der Waals surface area contributed by atoms with Gasteiger partial charge in [-0.25, -0.2) is 13.1 Å². The first-order valence-corrected chi connectivity index (χ1v) is 10.3. The lowest BCUT2D eigenvalue weighted by Gasteiger charge is -2.30. The molecule has 2 rings (SSSR count). The number of thiophene rings is 1. The second-order valence-electron chi connectivity index (χ2n) is 5.69. The van der Waals surface area contributed by atoms with E-state index >= 15 is 0 Å². The first-order chi connectivity index (χ1) is 10.9. The number of hydrogen-bond acceptors (Lipinski definition) is 5. The SMILES string of the molecule is Cl.NCC(NC(=O)CNS(=O)(=O)c1ccc(Cl)s1)C1CCCCC1. The van der Waals surface area contributed by atoms with Gasteiger partial charge in [0.05, 0.1) is 10.9 Å². The van der Waals surface area contributed by atoms with Crippen molar-refractivity contribution in [3.8, 4) is 0 Å². The van der Waals surface area contributed by atoms with Crippen molar-refractivity contribution in [2.24, 2.45) is 11.7 Å². The molecule has 1 aromatic heterocycles. The van der Waals surface area contributed by atoms with Gasteiger partial charge in [-0.15, -0.1) is 23.7 Å². The lowest BCUT2D eigenvalue weighted by molar-refractivity contribution is -0.121. The largest absolute Gasteiger partial charge is 0.351 e. The van der Waals surface area contributed by atoms with Crippen LogP contribution in [0.1, 0.15) is 32.1 Å². The topological polar surface area (TPSA) is 101 Å². The van der Waals surface area contributed by atoms with Gasteiger partial charge in [-0.3, -0.25) is 4.79 Å². The second kappa shape index (κ2) is 9.94. The number of sulfonamides is 1. The average molecular weight is 416 g/mol. The molecule has 0 aliphatic heterocycles. The van der Waals surface area contributed by atoms with Gasteiger partial charge in [0.15, 0.2) is 0 Å². The standard InChI is InChI=1S/C14H22ClN3O3S2.ClH/c15-12-6-7-14(22-12)23(20,21)17-9-13(19)18-11(8-16)10-4-2-1-3-5-10;/h6-7,10-11,17H,1-5,8-9,16H2,(H,18,19);1H. The molecular weight excluding hydrogens is 393 g/mol. The predicted molar refractivity (Wildman–Crippen MR) is 99.3 cm³/mol. The number of carbonyl (C=O) groups excluding carboxylic acids is 1. The number of halogens is 2. The molecule has 138 valence electrons. The maximum Gasteiger partial charge on any atom is 0.250 e. The molecular formula is C14H23Cl2N3O3S2. The van der Waals surface area contributed by atoms with E-state index in [9.17, 15) is 13.2 Å². The van der Waals surface area contributed by atoms with Gasteiger partial charge in [-0.2, -0.15) is 0 Å². The van der Waals surface area contributed by atoms with E-state index in [4.69, 9.17) is 17.3 Å². The summed E-state index contributed by atoms with van der Waals surface area (Å²) in [6.07, 6.45) is 5.65. The molecule has 0 bridgehead atoms. The van der Waals surface area contributed by atoms with Crippen LogP contribution in [0.25, 0.3) is 0 Å². The normalized spacial score (nSPS) is 17.1. The van der Waals surface area contributed by atoms with E-state index in [-0.39, 0.29) is 35.1 Å². The van der Waals surface area contributed by atoms with Gasteiger partial charge >= 0.3 is 0 Å². The molecule has 10 heteroatoms. The molecule has 1 aromatic rings. The molecule has 0 spiro atoms. The minimum absolute atomic E-state index is 0. The van der Waals surface area contributed by atoms with Crippen LogP contribution in [0.15, 0.2) is 16.3 Å². The van der Waals surface area contributed by atoms with Crippen molar-refractivity contribution in [1.82, 2.24) is 10.0 Å². The van der Waals surface area contributed by atoms with Crippen LogP contribution in [-0.2, 0) is 14.8 Å². The third kappa shape index (κ3) is 6.16. The minimum Gasteiger partial charge on any atom is -0.351 e. The van der Waals surface area contributed by atoms with Crippen LogP contribution >= 0.6 is 35.3 Å². The molecule has 1 heterocycles. The fraction of sp³-hybridized carbons (Fsp3) is 0.643. The molecule has 0 aromatic carbocycles. The van der Waals surface area contributed by atoms with E-state index in [2.05, 4.69) is 10.0 Å². The third-order valence-electron chi connectivity index (χ3n) is 4.06. The Kier molecular flexibility index (Phi) is 8.97. The summed E-state index contributed by atoms with van der Waals surface area (Å²) in [5.41, 5.74) is 5.76. The summed E-state index contributed by atoms with van der Waals surface area (Å²) >= 11 is 6.69. The smallest absolute Gasteiger partial charge is 0.250 e. The van der Waals surface area contributed by atoms with Crippen LogP contribution in [0, 0.1) is 5.92 Å². The van der Waals surface area contributed by atoms with Crippen LogP contribution < -0.4 is 15.8 Å². The van der Waals surface area contributed by atoms with E-state index in [1.807, 2.05) is 0 Å². The molecule has 6 nitrogen and oxygen atoms in total. The Morgan fingerprint density at radius 2 is 2.00 bits per heavy atom. The average Bonchev–Trinajstić information content (AvgIpc) is 2.99. The van der Waals surface area contributed by atoms with Crippen molar-refractivity contribution in [2.45, 2.75) is 42.4 Å². The number of nitrogens with two attached hydrogens (primary N) is 1. The maximum absolute atomic E-state index is 12.0. The van der Waals surface area contributed by atoms with E-state index in [1.165, 1.54) is 18.6 Å². The summed E-state index contributed by atoms with van der Waals surface area (Å²) in [5, 5.41) is 2.85. The van der Waals surface area contributed by atoms with Crippen LogP contribution in [-0.4, -0.2) is 33.5 Å². The van der Waals surface area contributed by atoms with Crippen LogP contribution in [0.5, 0.6) is 0 Å². The molecule has 0 saturated heterocycles. The molecule has 4 N–H and O–H groups in total. The molecule has 1 aliphatic carbocycles. The number of hydrogen-bond donors (Lipinski definition) is 3. The quantitative estimate of drug-likeness (QED) is 0.634. The Morgan fingerprint density at radius 1 is 1.33 bits per heavy atom. The zero-order valence-electron chi connectivity index (χ0n) is 13.2. The van der Waals surface area contributed by atoms with Crippen LogP contribution in [0.3, 0.4) is 0 Å². The first-order valence-electron chi connectivity index (χ1n) is 7.67. The van der Waals surface area contributed by atoms with E-state index in [0.717, 1.165) is 37.0 Å². The van der Waals surface area contributed by atoms with Crippen molar-refractivity contribution in [2.75, 3.05) is 13.1 Å². The van der Waals surface area contributed by atoms with Gasteiger partial charge in [0.2, 0.25) is 5.91 Å². The highest BCUT2D eigenvalue weighted by Gasteiger charge is 2.25. The molecule has 24 heavy (non-hydrogen) atoms. The maximum atomic E-state index is 12.0. The van der Waals surface area contributed by atoms with Crippen molar-refractivity contribution >= 4 is 51.3 Å². The van der Waals surface area contributed by atoms with E-state index in [0.29, 0.717) is 16.8 Å². The molecule has 1 aliphatic rings. The predicted octanol–water partition coefficient (Wildman–Crippen LogP) is 2.13. The van der Waals surface area contributed by atoms with Gasteiger partial charge in [0.25, 0.3) is 10.0 Å². The summed E-state index contributed by atoms with van der Waals surface area (Å²) in [6, 6.07) is 2.83. The molecule has 1 saturated carbocycles. The summed E-state index contributed by atoms with van der Waals surface area (Å²) in [7, 11) is -3.71. The molecule has 0 radical (unpaired) electrons. The van der Waals surface area contributed by atoms with Gasteiger partial charge in [0.1, 0.15) is 4.21 Å². The molecule has 1 fully saturated rings. The molecule has 1 amide bonds. The highest BCUT2D eigenvalue weighted by molar-refractivity contribution is 7.91. The first kappa shape index (κ1) is 21.7. The highest BCUT2D eigenvalue weighted by atomic mass is 35.5. The van der Waals surface area contributed by atoms with Crippen molar-refractivity contribution in [3.63, 3.8) is 0 Å². The Labute approximate surface area is 158 Å². The van der Waals surface area contributed by atoms with Gasteiger partial charge in [0, 0.05) is 12.6 Å². The fourth-order valence-corrected chi connectivity index (χ4v) is 5.35. The van der Waals surface area contributed by atoms with Crippen molar-refractivity contribution < 1.29 is 13.2 Å². The Bertz CT molecular complexity index is 631. The summed E-state index contributed by atoms with van der Waals surface area (Å²) in [5.74, 6) is 0.0164. The minimum atomic E-state index is -3.71. The number of nitrogens with one attached hydrogen (secondary N) is 2. The molecule has 1 unspecified atom stereocenters. The van der Waals surface area contributed by atoms with Crippen molar-refractivity contribution in [1.29, 1.82) is 0 Å². The van der Waals surface area contributed by atoms with Gasteiger partial charge in [-0.1, -0.05) is 30.9 Å². The fourth-order valence-electron chi connectivity index (χ4n) is 2.84. The van der Waals surface area contributed by atoms with Crippen LogP contribution in [0.4, 0.5) is 0 Å². The van der Waals surface area contributed by atoms with Crippen molar-refractivity contribution in [3.05, 3.63) is 16.5 Å². The molecule has 1 atom stereocenters. The number of carbonyl (C=O) groups is 1. The monoisotopic (exact) mass is 415 g/mol. The third-order valence-corrected chi connectivity index (χ3v) is 7.18. The van der Waals surface area contributed by atoms with E-state index < -0.39 is 10.0 Å².